The molecule has 0 fully saturated rings. The molecule has 0 saturated heterocycles. The molecule has 4 nitrogen and oxygen atoms in total. The summed E-state index contributed by atoms with van der Waals surface area (Å²) in [6, 6.07) is 4.93. The molecule has 0 spiro atoms. The molecule has 0 radical (unpaired) electrons. The van der Waals surface area contributed by atoms with Crippen LogP contribution in [0.4, 0.5) is 10.1 Å². The van der Waals surface area contributed by atoms with Gasteiger partial charge < -0.3 is 11.1 Å². The molecule has 96 valence electrons. The smallest absolute Gasteiger partial charge is 0.241 e. The summed E-state index contributed by atoms with van der Waals surface area (Å²) in [5.74, 6) is -0.150. The van der Waals surface area contributed by atoms with Crippen LogP contribution in [0.15, 0.2) is 18.2 Å². The number of nitriles is 1. The first-order chi connectivity index (χ1) is 8.58. The predicted molar refractivity (Wildman–Crippen MR) is 70.7 cm³/mol. The summed E-state index contributed by atoms with van der Waals surface area (Å²) in [5.41, 5.74) is 5.95. The number of nitrogens with zero attached hydrogens (tertiary/aromatic N) is 1. The molecule has 0 bridgehead atoms. The second-order valence-electron chi connectivity index (χ2n) is 3.68. The maximum atomic E-state index is 13.1. The predicted octanol–water partition coefficient (Wildman–Crippen LogP) is 1.72. The van der Waals surface area contributed by atoms with Gasteiger partial charge in [-0.25, -0.2) is 4.39 Å². The van der Waals surface area contributed by atoms with Gasteiger partial charge >= 0.3 is 0 Å². The molecular formula is C12H14FN3OS. The number of anilines is 1. The van der Waals surface area contributed by atoms with Crippen LogP contribution in [-0.2, 0) is 4.79 Å². The van der Waals surface area contributed by atoms with Gasteiger partial charge in [-0.05, 0) is 36.6 Å². The highest BCUT2D eigenvalue weighted by molar-refractivity contribution is 7.98. The van der Waals surface area contributed by atoms with Crippen molar-refractivity contribution in [3.05, 3.63) is 29.6 Å². The number of halogens is 1. The normalized spacial score (nSPS) is 11.7. The lowest BCUT2D eigenvalue weighted by Gasteiger charge is -2.11. The zero-order valence-electron chi connectivity index (χ0n) is 9.94. The Morgan fingerprint density at radius 3 is 3.00 bits per heavy atom. The van der Waals surface area contributed by atoms with Crippen LogP contribution in [0.25, 0.3) is 0 Å². The summed E-state index contributed by atoms with van der Waals surface area (Å²) in [7, 11) is 0. The summed E-state index contributed by atoms with van der Waals surface area (Å²) >= 11 is 1.61. The lowest BCUT2D eigenvalue weighted by Crippen LogP contribution is -2.36. The van der Waals surface area contributed by atoms with Gasteiger partial charge in [0.05, 0.1) is 11.6 Å². The Hall–Kier alpha value is -1.58. The van der Waals surface area contributed by atoms with Crippen molar-refractivity contribution in [1.82, 2.24) is 0 Å². The SMILES string of the molecule is CSCC[C@@H](N)C(=O)Nc1ccc(F)c(C#N)c1. The van der Waals surface area contributed by atoms with Gasteiger partial charge in [-0.3, -0.25) is 4.79 Å². The van der Waals surface area contributed by atoms with Crippen molar-refractivity contribution in [3.63, 3.8) is 0 Å². The van der Waals surface area contributed by atoms with E-state index in [0.717, 1.165) is 11.8 Å². The highest BCUT2D eigenvalue weighted by atomic mass is 32.2. The average molecular weight is 267 g/mol. The molecule has 0 unspecified atom stereocenters. The molecule has 0 heterocycles. The maximum Gasteiger partial charge on any atom is 0.241 e. The molecule has 0 aliphatic rings. The Bertz CT molecular complexity index is 473. The second-order valence-corrected chi connectivity index (χ2v) is 4.67. The van der Waals surface area contributed by atoms with Gasteiger partial charge in [0, 0.05) is 5.69 Å². The summed E-state index contributed by atoms with van der Waals surface area (Å²) < 4.78 is 13.1. The molecule has 6 heteroatoms. The van der Waals surface area contributed by atoms with Gasteiger partial charge in [0.25, 0.3) is 0 Å². The number of benzene rings is 1. The molecule has 1 aromatic rings. The van der Waals surface area contributed by atoms with Crippen LogP contribution in [-0.4, -0.2) is 24.0 Å². The molecule has 18 heavy (non-hydrogen) atoms. The van der Waals surface area contributed by atoms with Crippen molar-refractivity contribution in [3.8, 4) is 6.07 Å². The minimum absolute atomic E-state index is 0.106. The van der Waals surface area contributed by atoms with Crippen LogP contribution in [0.2, 0.25) is 0 Å². The first-order valence-corrected chi connectivity index (χ1v) is 6.73. The molecule has 3 N–H and O–H groups in total. The first-order valence-electron chi connectivity index (χ1n) is 5.33. The van der Waals surface area contributed by atoms with Crippen LogP contribution in [0.1, 0.15) is 12.0 Å². The maximum absolute atomic E-state index is 13.1. The monoisotopic (exact) mass is 267 g/mol. The highest BCUT2D eigenvalue weighted by Gasteiger charge is 2.13. The number of amides is 1. The van der Waals surface area contributed by atoms with E-state index in [0.29, 0.717) is 12.1 Å². The Morgan fingerprint density at radius 1 is 1.67 bits per heavy atom. The summed E-state index contributed by atoms with van der Waals surface area (Å²) in [4.78, 5) is 11.7. The lowest BCUT2D eigenvalue weighted by molar-refractivity contribution is -0.117. The molecule has 0 aliphatic carbocycles. The van der Waals surface area contributed by atoms with Gasteiger partial charge in [0.2, 0.25) is 5.91 Å². The van der Waals surface area contributed by atoms with Crippen LogP contribution >= 0.6 is 11.8 Å². The fourth-order valence-corrected chi connectivity index (χ4v) is 1.79. The minimum atomic E-state index is -0.609. The van der Waals surface area contributed by atoms with E-state index in [-0.39, 0.29) is 11.5 Å². The fourth-order valence-electron chi connectivity index (χ4n) is 1.30. The Labute approximate surface area is 109 Å². The molecule has 0 aromatic heterocycles. The molecule has 0 aliphatic heterocycles. The second kappa shape index (κ2) is 6.99. The molecule has 0 saturated carbocycles. The van der Waals surface area contributed by atoms with Gasteiger partial charge in [0.15, 0.2) is 0 Å². The van der Waals surface area contributed by atoms with E-state index in [9.17, 15) is 9.18 Å². The van der Waals surface area contributed by atoms with Crippen LogP contribution in [0.3, 0.4) is 0 Å². The number of rotatable bonds is 5. The van der Waals surface area contributed by atoms with E-state index in [1.165, 1.54) is 12.1 Å². The van der Waals surface area contributed by atoms with Crippen molar-refractivity contribution in [2.75, 3.05) is 17.3 Å². The molecule has 1 amide bonds. The Kier molecular flexibility index (Phi) is 5.62. The number of thioether (sulfide) groups is 1. The number of nitrogens with two attached hydrogens (primary N) is 1. The van der Waals surface area contributed by atoms with Crippen LogP contribution < -0.4 is 11.1 Å². The first kappa shape index (κ1) is 14.5. The van der Waals surface area contributed by atoms with E-state index in [2.05, 4.69) is 5.32 Å². The zero-order valence-corrected chi connectivity index (χ0v) is 10.8. The molecule has 1 atom stereocenters. The van der Waals surface area contributed by atoms with Crippen molar-refractivity contribution in [2.24, 2.45) is 5.73 Å². The molecular weight excluding hydrogens is 253 g/mol. The van der Waals surface area contributed by atoms with Gasteiger partial charge in [0.1, 0.15) is 11.9 Å². The summed E-state index contributed by atoms with van der Waals surface area (Å²) in [6.45, 7) is 0. The van der Waals surface area contributed by atoms with E-state index in [4.69, 9.17) is 11.0 Å². The van der Waals surface area contributed by atoms with Crippen LogP contribution in [0, 0.1) is 17.1 Å². The van der Waals surface area contributed by atoms with Gasteiger partial charge in [-0.2, -0.15) is 17.0 Å². The van der Waals surface area contributed by atoms with E-state index in [1.54, 1.807) is 17.8 Å². The third-order valence-corrected chi connectivity index (χ3v) is 2.97. The van der Waals surface area contributed by atoms with E-state index >= 15 is 0 Å². The van der Waals surface area contributed by atoms with Crippen molar-refractivity contribution < 1.29 is 9.18 Å². The standard InChI is InChI=1S/C12H14FN3OS/c1-18-5-4-11(15)12(17)16-9-2-3-10(13)8(6-9)7-14/h2-3,6,11H,4-5,15H2,1H3,(H,16,17)/t11-/m1/s1. The summed E-state index contributed by atoms with van der Waals surface area (Å²) in [5, 5.41) is 11.2. The fraction of sp³-hybridized carbons (Fsp3) is 0.333. The highest BCUT2D eigenvalue weighted by Crippen LogP contribution is 2.14. The summed E-state index contributed by atoms with van der Waals surface area (Å²) in [6.07, 6.45) is 2.50. The quantitative estimate of drug-likeness (QED) is 0.851. The van der Waals surface area contributed by atoms with Crippen molar-refractivity contribution >= 4 is 23.4 Å². The number of carbonyl (C=O) groups excluding carboxylic acids is 1. The Morgan fingerprint density at radius 2 is 2.39 bits per heavy atom. The molecule has 1 rings (SSSR count). The molecule has 1 aromatic carbocycles. The third kappa shape index (κ3) is 4.02. The largest absolute Gasteiger partial charge is 0.325 e. The average Bonchev–Trinajstić information content (AvgIpc) is 2.37. The Balaban J connectivity index is 2.67. The topological polar surface area (TPSA) is 78.9 Å². The van der Waals surface area contributed by atoms with E-state index < -0.39 is 11.9 Å². The minimum Gasteiger partial charge on any atom is -0.325 e. The number of hydrogen-bond acceptors (Lipinski definition) is 4. The van der Waals surface area contributed by atoms with Gasteiger partial charge in [-0.1, -0.05) is 0 Å². The number of nitrogens with one attached hydrogen (secondary N) is 1. The number of hydrogen-bond donors (Lipinski definition) is 2. The number of carbonyl (C=O) groups is 1. The third-order valence-electron chi connectivity index (χ3n) is 2.32. The van der Waals surface area contributed by atoms with E-state index in [1.807, 2.05) is 6.26 Å². The van der Waals surface area contributed by atoms with Gasteiger partial charge in [-0.15, -0.1) is 0 Å². The van der Waals surface area contributed by atoms with Crippen molar-refractivity contribution in [2.45, 2.75) is 12.5 Å². The van der Waals surface area contributed by atoms with Crippen LogP contribution in [0.5, 0.6) is 0 Å². The van der Waals surface area contributed by atoms with Crippen molar-refractivity contribution in [1.29, 1.82) is 5.26 Å². The zero-order chi connectivity index (χ0) is 13.5. The lowest BCUT2D eigenvalue weighted by atomic mass is 10.2.